The van der Waals surface area contributed by atoms with E-state index in [1.807, 2.05) is 31.2 Å². The minimum absolute atomic E-state index is 0.122. The Balaban J connectivity index is 1.83. The normalized spacial score (nSPS) is 10.2. The summed E-state index contributed by atoms with van der Waals surface area (Å²) in [6.45, 7) is 2.32. The summed E-state index contributed by atoms with van der Waals surface area (Å²) in [6.07, 6.45) is 0.921. The maximum absolute atomic E-state index is 12.1. The van der Waals surface area contributed by atoms with Crippen molar-refractivity contribution in [2.24, 2.45) is 0 Å². The minimum atomic E-state index is -0.432. The first-order valence-corrected chi connectivity index (χ1v) is 8.66. The molecule has 0 aromatic heterocycles. The van der Waals surface area contributed by atoms with Crippen LogP contribution in [0.15, 0.2) is 46.9 Å². The highest BCUT2D eigenvalue weighted by Crippen LogP contribution is 2.19. The highest BCUT2D eigenvalue weighted by Gasteiger charge is 2.10. The summed E-state index contributed by atoms with van der Waals surface area (Å²) in [5, 5.41) is 2.83. The van der Waals surface area contributed by atoms with Gasteiger partial charge in [-0.15, -0.1) is 0 Å². The number of carbonyl (C=O) groups excluding carboxylic acids is 2. The van der Waals surface area contributed by atoms with E-state index < -0.39 is 5.97 Å². The molecule has 2 rings (SSSR count). The maximum Gasteiger partial charge on any atom is 0.337 e. The Bertz CT molecular complexity index is 761. The number of hydrogen-bond acceptors (Lipinski definition) is 4. The summed E-state index contributed by atoms with van der Waals surface area (Å²) < 4.78 is 11.2. The van der Waals surface area contributed by atoms with Gasteiger partial charge in [-0.1, -0.05) is 28.1 Å². The third-order valence-corrected chi connectivity index (χ3v) is 4.04. The quantitative estimate of drug-likeness (QED) is 0.549. The van der Waals surface area contributed by atoms with Crippen molar-refractivity contribution >= 4 is 33.5 Å². The second-order valence-electron chi connectivity index (χ2n) is 5.48. The van der Waals surface area contributed by atoms with Crippen molar-refractivity contribution in [2.45, 2.75) is 19.8 Å². The second kappa shape index (κ2) is 9.22. The molecule has 0 atom stereocenters. The van der Waals surface area contributed by atoms with Crippen LogP contribution in [0, 0.1) is 6.92 Å². The lowest BCUT2D eigenvalue weighted by Gasteiger charge is -2.10. The van der Waals surface area contributed by atoms with Crippen LogP contribution in [0.25, 0.3) is 0 Å². The number of ether oxygens (including phenoxy) is 2. The van der Waals surface area contributed by atoms with Crippen LogP contribution >= 0.6 is 15.9 Å². The number of carbonyl (C=O) groups is 2. The molecule has 0 fully saturated rings. The summed E-state index contributed by atoms with van der Waals surface area (Å²) in [7, 11) is 1.33. The van der Waals surface area contributed by atoms with E-state index in [1.165, 1.54) is 7.11 Å². The molecule has 0 unspecified atom stereocenters. The number of esters is 1. The van der Waals surface area contributed by atoms with Crippen molar-refractivity contribution in [1.29, 1.82) is 0 Å². The van der Waals surface area contributed by atoms with Gasteiger partial charge in [0.1, 0.15) is 5.75 Å². The molecule has 25 heavy (non-hydrogen) atoms. The van der Waals surface area contributed by atoms with Crippen LogP contribution in [0.3, 0.4) is 0 Å². The number of benzene rings is 2. The molecule has 2 aromatic carbocycles. The smallest absolute Gasteiger partial charge is 0.337 e. The first kappa shape index (κ1) is 19.0. The fraction of sp³-hybridized carbons (Fsp3) is 0.263. The molecule has 6 heteroatoms. The van der Waals surface area contributed by atoms with Crippen molar-refractivity contribution in [3.05, 3.63) is 58.1 Å². The van der Waals surface area contributed by atoms with Crippen molar-refractivity contribution in [1.82, 2.24) is 0 Å². The lowest BCUT2D eigenvalue weighted by molar-refractivity contribution is -0.116. The monoisotopic (exact) mass is 405 g/mol. The van der Waals surface area contributed by atoms with Gasteiger partial charge in [-0.25, -0.2) is 4.79 Å². The van der Waals surface area contributed by atoms with E-state index in [-0.39, 0.29) is 5.91 Å². The van der Waals surface area contributed by atoms with Crippen molar-refractivity contribution < 1.29 is 19.1 Å². The lowest BCUT2D eigenvalue weighted by atomic mass is 10.1. The van der Waals surface area contributed by atoms with E-state index in [0.29, 0.717) is 30.7 Å². The molecule has 0 bridgehead atoms. The van der Waals surface area contributed by atoms with E-state index in [2.05, 4.69) is 21.2 Å². The van der Waals surface area contributed by atoms with Crippen molar-refractivity contribution in [3.8, 4) is 5.75 Å². The Hall–Kier alpha value is -2.34. The summed E-state index contributed by atoms with van der Waals surface area (Å²) in [5.41, 5.74) is 1.90. The average molecular weight is 406 g/mol. The molecule has 0 radical (unpaired) electrons. The van der Waals surface area contributed by atoms with Crippen LogP contribution in [-0.4, -0.2) is 25.6 Å². The van der Waals surface area contributed by atoms with Gasteiger partial charge in [-0.2, -0.15) is 0 Å². The number of hydrogen-bond donors (Lipinski definition) is 1. The zero-order valence-electron chi connectivity index (χ0n) is 14.2. The molecule has 0 saturated carbocycles. The SMILES string of the molecule is COC(=O)c1ccc(C)c(NC(=O)CCCOc2cccc(Br)c2)c1. The van der Waals surface area contributed by atoms with Gasteiger partial charge < -0.3 is 14.8 Å². The molecule has 0 spiro atoms. The summed E-state index contributed by atoms with van der Waals surface area (Å²) in [5.74, 6) is 0.206. The molecule has 0 aliphatic heterocycles. The standard InChI is InChI=1S/C19H20BrNO4/c1-13-8-9-14(19(23)24-2)11-17(13)21-18(22)7-4-10-25-16-6-3-5-15(20)12-16/h3,5-6,8-9,11-12H,4,7,10H2,1-2H3,(H,21,22). The Morgan fingerprint density at radius 1 is 1.16 bits per heavy atom. The number of aryl methyl sites for hydroxylation is 1. The molecule has 1 amide bonds. The average Bonchev–Trinajstić information content (AvgIpc) is 2.60. The largest absolute Gasteiger partial charge is 0.494 e. The van der Waals surface area contributed by atoms with Crippen LogP contribution in [0.1, 0.15) is 28.8 Å². The van der Waals surface area contributed by atoms with Gasteiger partial charge in [0.05, 0.1) is 19.3 Å². The molecule has 0 saturated heterocycles. The molecular weight excluding hydrogens is 386 g/mol. The fourth-order valence-electron chi connectivity index (χ4n) is 2.19. The molecule has 2 aromatic rings. The fourth-order valence-corrected chi connectivity index (χ4v) is 2.57. The molecule has 5 nitrogen and oxygen atoms in total. The molecule has 132 valence electrons. The van der Waals surface area contributed by atoms with Crippen LogP contribution in [0.2, 0.25) is 0 Å². The van der Waals surface area contributed by atoms with Gasteiger partial charge in [-0.3, -0.25) is 4.79 Å². The van der Waals surface area contributed by atoms with Crippen LogP contribution in [0.4, 0.5) is 5.69 Å². The third kappa shape index (κ3) is 5.90. The summed E-state index contributed by atoms with van der Waals surface area (Å²) in [6, 6.07) is 12.6. The third-order valence-electron chi connectivity index (χ3n) is 3.55. The van der Waals surface area contributed by atoms with Gasteiger partial charge in [0.25, 0.3) is 0 Å². The number of nitrogens with one attached hydrogen (secondary N) is 1. The molecular formula is C19H20BrNO4. The molecule has 1 N–H and O–H groups in total. The molecule has 0 aliphatic carbocycles. The van der Waals surface area contributed by atoms with Gasteiger partial charge in [0.15, 0.2) is 0 Å². The Kier molecular flexibility index (Phi) is 7.01. The van der Waals surface area contributed by atoms with E-state index in [0.717, 1.165) is 15.8 Å². The second-order valence-corrected chi connectivity index (χ2v) is 6.39. The van der Waals surface area contributed by atoms with Gasteiger partial charge in [0, 0.05) is 16.6 Å². The number of halogens is 1. The first-order valence-electron chi connectivity index (χ1n) is 7.87. The van der Waals surface area contributed by atoms with E-state index in [9.17, 15) is 9.59 Å². The number of amides is 1. The van der Waals surface area contributed by atoms with Crippen LogP contribution in [0.5, 0.6) is 5.75 Å². The van der Waals surface area contributed by atoms with E-state index >= 15 is 0 Å². The highest BCUT2D eigenvalue weighted by molar-refractivity contribution is 9.10. The molecule has 0 aliphatic rings. The summed E-state index contributed by atoms with van der Waals surface area (Å²) in [4.78, 5) is 23.7. The number of rotatable bonds is 7. The van der Waals surface area contributed by atoms with Crippen LogP contribution in [-0.2, 0) is 9.53 Å². The zero-order valence-corrected chi connectivity index (χ0v) is 15.8. The maximum atomic E-state index is 12.1. The molecule has 0 heterocycles. The van der Waals surface area contributed by atoms with Crippen molar-refractivity contribution in [3.63, 3.8) is 0 Å². The predicted octanol–water partition coefficient (Wildman–Crippen LogP) is 4.34. The summed E-state index contributed by atoms with van der Waals surface area (Å²) >= 11 is 3.38. The Labute approximate surface area is 155 Å². The van der Waals surface area contributed by atoms with E-state index in [4.69, 9.17) is 9.47 Å². The first-order chi connectivity index (χ1) is 12.0. The van der Waals surface area contributed by atoms with Crippen molar-refractivity contribution in [2.75, 3.05) is 19.0 Å². The highest BCUT2D eigenvalue weighted by atomic mass is 79.9. The van der Waals surface area contributed by atoms with Crippen LogP contribution < -0.4 is 10.1 Å². The van der Waals surface area contributed by atoms with E-state index in [1.54, 1.807) is 18.2 Å². The number of anilines is 1. The Morgan fingerprint density at radius 2 is 1.96 bits per heavy atom. The van der Waals surface area contributed by atoms with Gasteiger partial charge in [0.2, 0.25) is 5.91 Å². The zero-order chi connectivity index (χ0) is 18.2. The minimum Gasteiger partial charge on any atom is -0.494 e. The lowest BCUT2D eigenvalue weighted by Crippen LogP contribution is -2.14. The topological polar surface area (TPSA) is 64.6 Å². The predicted molar refractivity (Wildman–Crippen MR) is 100 cm³/mol. The number of methoxy groups -OCH3 is 1. The Morgan fingerprint density at radius 3 is 2.68 bits per heavy atom. The van der Waals surface area contributed by atoms with Gasteiger partial charge in [-0.05, 0) is 49.2 Å². The van der Waals surface area contributed by atoms with Gasteiger partial charge >= 0.3 is 5.97 Å².